The van der Waals surface area contributed by atoms with Crippen molar-refractivity contribution in [3.63, 3.8) is 0 Å². The van der Waals surface area contributed by atoms with Crippen molar-refractivity contribution in [3.05, 3.63) is 74.9 Å². The second kappa shape index (κ2) is 7.96. The molecule has 0 bridgehead atoms. The average Bonchev–Trinajstić information content (AvgIpc) is 3.40. The van der Waals surface area contributed by atoms with Gasteiger partial charge in [0, 0.05) is 28.9 Å². The molecule has 0 unspecified atom stereocenters. The third-order valence-electron chi connectivity index (χ3n) is 4.40. The van der Waals surface area contributed by atoms with Crippen molar-refractivity contribution in [2.45, 2.75) is 20.6 Å². The summed E-state index contributed by atoms with van der Waals surface area (Å²) < 4.78 is 12.7. The van der Waals surface area contributed by atoms with Crippen LogP contribution in [0.1, 0.15) is 11.1 Å². The summed E-state index contributed by atoms with van der Waals surface area (Å²) in [6, 6.07) is 11.4. The van der Waals surface area contributed by atoms with Crippen LogP contribution in [0.2, 0.25) is 5.02 Å². The highest BCUT2D eigenvalue weighted by Crippen LogP contribution is 2.26. The SMILES string of the molecule is Cc1cc(OCn2ccc(-c3nc(-c4ccc([N+](=O)[O-])cc4)no3)n2)cc(C)c1Cl. The molecule has 0 amide bonds. The van der Waals surface area contributed by atoms with Gasteiger partial charge in [0.15, 0.2) is 12.4 Å². The van der Waals surface area contributed by atoms with E-state index < -0.39 is 4.92 Å². The molecule has 10 heteroatoms. The Hall–Kier alpha value is -3.72. The highest BCUT2D eigenvalue weighted by Gasteiger charge is 2.14. The molecule has 0 radical (unpaired) electrons. The zero-order valence-corrected chi connectivity index (χ0v) is 16.8. The van der Waals surface area contributed by atoms with E-state index in [1.807, 2.05) is 26.0 Å². The number of halogens is 1. The normalized spacial score (nSPS) is 10.9. The largest absolute Gasteiger partial charge is 0.471 e. The fraction of sp³-hybridized carbons (Fsp3) is 0.150. The summed E-state index contributed by atoms with van der Waals surface area (Å²) in [4.78, 5) is 14.6. The molecule has 0 saturated carbocycles. The van der Waals surface area contributed by atoms with Crippen LogP contribution < -0.4 is 4.74 Å². The minimum atomic E-state index is -0.465. The van der Waals surface area contributed by atoms with Crippen LogP contribution in [-0.2, 0) is 6.73 Å². The van der Waals surface area contributed by atoms with Crippen molar-refractivity contribution in [1.82, 2.24) is 19.9 Å². The van der Waals surface area contributed by atoms with Crippen molar-refractivity contribution in [3.8, 4) is 28.7 Å². The zero-order chi connectivity index (χ0) is 21.3. The molecule has 30 heavy (non-hydrogen) atoms. The molecule has 0 fully saturated rings. The second-order valence-corrected chi connectivity index (χ2v) is 6.99. The summed E-state index contributed by atoms with van der Waals surface area (Å²) in [6.07, 6.45) is 1.74. The minimum Gasteiger partial charge on any atom is -0.471 e. The van der Waals surface area contributed by atoms with E-state index >= 15 is 0 Å². The third-order valence-corrected chi connectivity index (χ3v) is 4.99. The van der Waals surface area contributed by atoms with Crippen LogP contribution in [0.5, 0.6) is 5.75 Å². The Labute approximate surface area is 176 Å². The van der Waals surface area contributed by atoms with Crippen molar-refractivity contribution >= 4 is 17.3 Å². The van der Waals surface area contributed by atoms with Gasteiger partial charge in [-0.1, -0.05) is 16.8 Å². The predicted molar refractivity (Wildman–Crippen MR) is 109 cm³/mol. The molecule has 152 valence electrons. The molecule has 2 aromatic heterocycles. The van der Waals surface area contributed by atoms with Gasteiger partial charge in [0.1, 0.15) is 5.75 Å². The van der Waals surface area contributed by atoms with E-state index in [1.54, 1.807) is 29.1 Å². The number of non-ortho nitro benzene ring substituents is 1. The van der Waals surface area contributed by atoms with Crippen LogP contribution in [0.3, 0.4) is 0 Å². The molecule has 0 N–H and O–H groups in total. The summed E-state index contributed by atoms with van der Waals surface area (Å²) in [6.45, 7) is 4.04. The lowest BCUT2D eigenvalue weighted by atomic mass is 10.1. The topological polar surface area (TPSA) is 109 Å². The molecule has 9 nitrogen and oxygen atoms in total. The van der Waals surface area contributed by atoms with E-state index in [1.165, 1.54) is 12.1 Å². The molecule has 0 saturated heterocycles. The van der Waals surface area contributed by atoms with Crippen molar-refractivity contribution in [2.24, 2.45) is 0 Å². The van der Waals surface area contributed by atoms with Gasteiger partial charge in [-0.05, 0) is 55.3 Å². The van der Waals surface area contributed by atoms with Crippen LogP contribution in [0.15, 0.2) is 53.2 Å². The quantitative estimate of drug-likeness (QED) is 0.322. The number of hydrogen-bond acceptors (Lipinski definition) is 7. The van der Waals surface area contributed by atoms with Gasteiger partial charge < -0.3 is 9.26 Å². The van der Waals surface area contributed by atoms with Gasteiger partial charge >= 0.3 is 0 Å². The first-order chi connectivity index (χ1) is 14.4. The number of hydrogen-bond donors (Lipinski definition) is 0. The number of nitrogens with zero attached hydrogens (tertiary/aromatic N) is 5. The summed E-state index contributed by atoms with van der Waals surface area (Å²) in [5.74, 6) is 1.25. The van der Waals surface area contributed by atoms with Crippen LogP contribution in [0, 0.1) is 24.0 Å². The van der Waals surface area contributed by atoms with E-state index in [-0.39, 0.29) is 18.3 Å². The fourth-order valence-corrected chi connectivity index (χ4v) is 2.96. The summed E-state index contributed by atoms with van der Waals surface area (Å²) >= 11 is 6.18. The van der Waals surface area contributed by atoms with Crippen molar-refractivity contribution in [1.29, 1.82) is 0 Å². The third kappa shape index (κ3) is 4.01. The molecule has 2 heterocycles. The molecule has 4 rings (SSSR count). The van der Waals surface area contributed by atoms with Crippen molar-refractivity contribution in [2.75, 3.05) is 0 Å². The Bertz CT molecular complexity index is 1190. The van der Waals surface area contributed by atoms with Crippen LogP contribution >= 0.6 is 11.6 Å². The predicted octanol–water partition coefficient (Wildman–Crippen LogP) is 4.82. The number of rotatable bonds is 6. The highest BCUT2D eigenvalue weighted by molar-refractivity contribution is 6.32. The maximum atomic E-state index is 10.8. The average molecular weight is 426 g/mol. The number of aryl methyl sites for hydroxylation is 2. The van der Waals surface area contributed by atoms with Crippen LogP contribution in [0.4, 0.5) is 5.69 Å². The first kappa shape index (κ1) is 19.6. The summed E-state index contributed by atoms with van der Waals surface area (Å²) in [5.41, 5.74) is 2.97. The van der Waals surface area contributed by atoms with Gasteiger partial charge in [-0.3, -0.25) is 10.1 Å². The molecule has 4 aromatic rings. The molecular weight excluding hydrogens is 410 g/mol. The number of nitro groups is 1. The standard InChI is InChI=1S/C20H16ClN5O4/c1-12-9-16(10-13(2)18(12)21)29-11-25-8-7-17(23-25)20-22-19(24-30-20)14-3-5-15(6-4-14)26(27)28/h3-10H,11H2,1-2H3. The van der Waals surface area contributed by atoms with Crippen molar-refractivity contribution < 1.29 is 14.2 Å². The fourth-order valence-electron chi connectivity index (χ4n) is 2.85. The highest BCUT2D eigenvalue weighted by atomic mass is 35.5. The summed E-state index contributed by atoms with van der Waals surface area (Å²) in [7, 11) is 0. The van der Waals surface area contributed by atoms with E-state index in [9.17, 15) is 10.1 Å². The van der Waals surface area contributed by atoms with Gasteiger partial charge in [-0.15, -0.1) is 0 Å². The molecular formula is C20H16ClN5O4. The van der Waals surface area contributed by atoms with E-state index in [2.05, 4.69) is 15.2 Å². The summed E-state index contributed by atoms with van der Waals surface area (Å²) in [5, 5.41) is 19.8. The molecule has 0 aliphatic heterocycles. The second-order valence-electron chi connectivity index (χ2n) is 6.61. The first-order valence-corrected chi connectivity index (χ1v) is 9.30. The Morgan fingerprint density at radius 1 is 1.17 bits per heavy atom. The Kier molecular flexibility index (Phi) is 5.20. The van der Waals surface area contributed by atoms with E-state index in [0.29, 0.717) is 22.8 Å². The molecule has 0 atom stereocenters. The Morgan fingerprint density at radius 3 is 2.53 bits per heavy atom. The minimum absolute atomic E-state index is 0.00714. The molecule has 0 aliphatic rings. The van der Waals surface area contributed by atoms with Crippen LogP contribution in [0.25, 0.3) is 23.0 Å². The Balaban J connectivity index is 1.46. The lowest BCUT2D eigenvalue weighted by Gasteiger charge is -2.09. The molecule has 0 spiro atoms. The van der Waals surface area contributed by atoms with Crippen LogP contribution in [-0.4, -0.2) is 24.8 Å². The molecule has 2 aromatic carbocycles. The van der Waals surface area contributed by atoms with E-state index in [0.717, 1.165) is 16.1 Å². The number of aromatic nitrogens is 4. The molecule has 0 aliphatic carbocycles. The number of benzene rings is 2. The van der Waals surface area contributed by atoms with Gasteiger partial charge in [0.05, 0.1) is 4.92 Å². The van der Waals surface area contributed by atoms with Gasteiger partial charge in [-0.2, -0.15) is 10.1 Å². The van der Waals surface area contributed by atoms with Gasteiger partial charge in [0.25, 0.3) is 11.6 Å². The van der Waals surface area contributed by atoms with Gasteiger partial charge in [-0.25, -0.2) is 4.68 Å². The first-order valence-electron chi connectivity index (χ1n) is 8.92. The zero-order valence-electron chi connectivity index (χ0n) is 16.1. The van der Waals surface area contributed by atoms with Gasteiger partial charge in [0.2, 0.25) is 5.82 Å². The maximum Gasteiger partial charge on any atom is 0.278 e. The smallest absolute Gasteiger partial charge is 0.278 e. The van der Waals surface area contributed by atoms with E-state index in [4.69, 9.17) is 20.9 Å². The monoisotopic (exact) mass is 425 g/mol. The number of ether oxygens (including phenoxy) is 1. The lowest BCUT2D eigenvalue weighted by molar-refractivity contribution is -0.384. The number of nitro benzene ring substituents is 1. The lowest BCUT2D eigenvalue weighted by Crippen LogP contribution is -2.06. The Morgan fingerprint density at radius 2 is 1.87 bits per heavy atom. The maximum absolute atomic E-state index is 10.8.